The van der Waals surface area contributed by atoms with Crippen molar-refractivity contribution in [2.45, 2.75) is 6.54 Å². The minimum Gasteiger partial charge on any atom is -0.289 e. The summed E-state index contributed by atoms with van der Waals surface area (Å²) in [4.78, 5) is 12.8. The summed E-state index contributed by atoms with van der Waals surface area (Å²) < 4.78 is 1.45. The van der Waals surface area contributed by atoms with Gasteiger partial charge in [-0.3, -0.25) is 19.8 Å². The molecule has 0 radical (unpaired) electrons. The fraction of sp³-hybridized carbons (Fsp3) is 0.444. The summed E-state index contributed by atoms with van der Waals surface area (Å²) in [5, 5.41) is 24.5. The van der Waals surface area contributed by atoms with Gasteiger partial charge in [0.15, 0.2) is 5.69 Å². The third-order valence-electron chi connectivity index (χ3n) is 2.14. The van der Waals surface area contributed by atoms with E-state index in [2.05, 4.69) is 10.3 Å². The van der Waals surface area contributed by atoms with Crippen LogP contribution in [0.25, 0.3) is 0 Å². The summed E-state index contributed by atoms with van der Waals surface area (Å²) in [5.41, 5.74) is 2.06. The summed E-state index contributed by atoms with van der Waals surface area (Å²) in [6.45, 7) is 1.22. The molecule has 1 rings (SSSR count). The van der Waals surface area contributed by atoms with Crippen LogP contribution in [0.15, 0.2) is 6.20 Å². The molecule has 0 aromatic carbocycles. The van der Waals surface area contributed by atoms with E-state index in [4.69, 9.17) is 16.4 Å². The summed E-state index contributed by atoms with van der Waals surface area (Å²) in [6.07, 6.45) is 1.44. The number of nitrogens with one attached hydrogen (secondary N) is 1. The Labute approximate surface area is 103 Å². The van der Waals surface area contributed by atoms with Gasteiger partial charge in [-0.05, 0) is 0 Å². The van der Waals surface area contributed by atoms with Crippen LogP contribution >= 0.6 is 0 Å². The maximum atomic E-state index is 11.1. The highest BCUT2D eigenvalue weighted by Crippen LogP contribution is 1.94. The number of nitriles is 2. The van der Waals surface area contributed by atoms with Gasteiger partial charge in [0.05, 0.1) is 38.0 Å². The van der Waals surface area contributed by atoms with Gasteiger partial charge in [-0.1, -0.05) is 5.21 Å². The first-order valence-electron chi connectivity index (χ1n) is 5.08. The molecule has 1 aromatic rings. The molecule has 0 fully saturated rings. The Morgan fingerprint density at radius 3 is 2.72 bits per heavy atom. The summed E-state index contributed by atoms with van der Waals surface area (Å²) in [6, 6.07) is 3.94. The Morgan fingerprint density at radius 2 is 2.17 bits per heavy atom. The fourth-order valence-corrected chi connectivity index (χ4v) is 1.24. The molecule has 3 N–H and O–H groups in total. The average molecular weight is 248 g/mol. The van der Waals surface area contributed by atoms with Gasteiger partial charge >= 0.3 is 0 Å². The van der Waals surface area contributed by atoms with E-state index >= 15 is 0 Å². The second kappa shape index (κ2) is 6.96. The molecule has 18 heavy (non-hydrogen) atoms. The lowest BCUT2D eigenvalue weighted by molar-refractivity contribution is 0.0948. The standard InChI is InChI=1S/C9H12N8O/c10-1-3-16(4-2-11)5-6-17-7-8(14-15-17)9(18)13-12/h7H,3-6,12H2,(H,13,18). The van der Waals surface area contributed by atoms with E-state index in [1.807, 2.05) is 17.6 Å². The number of carbonyl (C=O) groups excluding carboxylic acids is 1. The molecule has 0 aliphatic rings. The first kappa shape index (κ1) is 13.6. The van der Waals surface area contributed by atoms with Crippen LogP contribution in [-0.2, 0) is 6.54 Å². The number of hydrogen-bond acceptors (Lipinski definition) is 7. The van der Waals surface area contributed by atoms with Crippen molar-refractivity contribution in [3.8, 4) is 12.1 Å². The quantitative estimate of drug-likeness (QED) is 0.263. The molecule has 1 amide bonds. The molecule has 0 saturated carbocycles. The summed E-state index contributed by atoms with van der Waals surface area (Å²) in [5.74, 6) is 4.44. The van der Waals surface area contributed by atoms with E-state index in [0.717, 1.165) is 0 Å². The number of hydrogen-bond donors (Lipinski definition) is 2. The fourth-order valence-electron chi connectivity index (χ4n) is 1.24. The molecule has 1 heterocycles. The molecule has 0 bridgehead atoms. The van der Waals surface area contributed by atoms with Crippen LogP contribution in [0.1, 0.15) is 10.5 Å². The predicted molar refractivity (Wildman–Crippen MR) is 59.3 cm³/mol. The maximum absolute atomic E-state index is 11.1. The van der Waals surface area contributed by atoms with Crippen LogP contribution in [0.5, 0.6) is 0 Å². The third-order valence-corrected chi connectivity index (χ3v) is 2.14. The van der Waals surface area contributed by atoms with Crippen LogP contribution < -0.4 is 11.3 Å². The summed E-state index contributed by atoms with van der Waals surface area (Å²) >= 11 is 0. The number of amides is 1. The van der Waals surface area contributed by atoms with Crippen molar-refractivity contribution in [3.63, 3.8) is 0 Å². The summed E-state index contributed by atoms with van der Waals surface area (Å²) in [7, 11) is 0. The molecule has 94 valence electrons. The van der Waals surface area contributed by atoms with Crippen LogP contribution in [0.4, 0.5) is 0 Å². The first-order valence-corrected chi connectivity index (χ1v) is 5.08. The minimum atomic E-state index is -0.521. The zero-order valence-electron chi connectivity index (χ0n) is 9.57. The lowest BCUT2D eigenvalue weighted by Crippen LogP contribution is -2.30. The lowest BCUT2D eigenvalue weighted by Gasteiger charge is -2.14. The van der Waals surface area contributed by atoms with Crippen molar-refractivity contribution in [2.75, 3.05) is 19.6 Å². The number of aromatic nitrogens is 3. The molecule has 0 saturated heterocycles. The first-order chi connectivity index (χ1) is 8.71. The highest BCUT2D eigenvalue weighted by atomic mass is 16.2. The van der Waals surface area contributed by atoms with E-state index < -0.39 is 5.91 Å². The largest absolute Gasteiger partial charge is 0.289 e. The maximum Gasteiger partial charge on any atom is 0.287 e. The van der Waals surface area contributed by atoms with Gasteiger partial charge in [-0.25, -0.2) is 5.84 Å². The SMILES string of the molecule is N#CCN(CC#N)CCn1cc(C(=O)NN)nn1. The zero-order chi connectivity index (χ0) is 13.4. The van der Waals surface area contributed by atoms with Crippen molar-refractivity contribution < 1.29 is 4.79 Å². The average Bonchev–Trinajstić information content (AvgIpc) is 2.84. The number of rotatable bonds is 6. The molecule has 0 aliphatic carbocycles. The Morgan fingerprint density at radius 1 is 1.50 bits per heavy atom. The second-order valence-electron chi connectivity index (χ2n) is 3.37. The smallest absolute Gasteiger partial charge is 0.287 e. The lowest BCUT2D eigenvalue weighted by atomic mass is 10.4. The van der Waals surface area contributed by atoms with E-state index in [0.29, 0.717) is 13.1 Å². The molecule has 0 unspecified atom stereocenters. The molecule has 0 spiro atoms. The van der Waals surface area contributed by atoms with Gasteiger partial charge < -0.3 is 0 Å². The van der Waals surface area contributed by atoms with E-state index in [9.17, 15) is 4.79 Å². The number of carbonyl (C=O) groups is 1. The highest BCUT2D eigenvalue weighted by Gasteiger charge is 2.09. The van der Waals surface area contributed by atoms with Crippen molar-refractivity contribution in [1.29, 1.82) is 10.5 Å². The monoisotopic (exact) mass is 248 g/mol. The Balaban J connectivity index is 2.52. The van der Waals surface area contributed by atoms with Gasteiger partial charge in [0, 0.05) is 6.54 Å². The van der Waals surface area contributed by atoms with Crippen LogP contribution in [-0.4, -0.2) is 45.4 Å². The van der Waals surface area contributed by atoms with Gasteiger partial charge in [0.2, 0.25) is 0 Å². The number of nitrogens with two attached hydrogens (primary N) is 1. The normalized spacial score (nSPS) is 9.78. The van der Waals surface area contributed by atoms with Gasteiger partial charge in [-0.15, -0.1) is 5.10 Å². The van der Waals surface area contributed by atoms with Crippen molar-refractivity contribution in [3.05, 3.63) is 11.9 Å². The Kier molecular flexibility index (Phi) is 5.25. The second-order valence-corrected chi connectivity index (χ2v) is 3.37. The molecular weight excluding hydrogens is 236 g/mol. The zero-order valence-corrected chi connectivity index (χ0v) is 9.57. The molecular formula is C9H12N8O. The van der Waals surface area contributed by atoms with Gasteiger partial charge in [-0.2, -0.15) is 10.5 Å². The number of nitrogens with zero attached hydrogens (tertiary/aromatic N) is 6. The third kappa shape index (κ3) is 3.83. The van der Waals surface area contributed by atoms with Gasteiger partial charge in [0.25, 0.3) is 5.91 Å². The van der Waals surface area contributed by atoms with Crippen molar-refractivity contribution >= 4 is 5.91 Å². The van der Waals surface area contributed by atoms with Crippen molar-refractivity contribution in [2.24, 2.45) is 5.84 Å². The minimum absolute atomic E-state index is 0.115. The van der Waals surface area contributed by atoms with Crippen LogP contribution in [0.2, 0.25) is 0 Å². The van der Waals surface area contributed by atoms with Crippen molar-refractivity contribution in [1.82, 2.24) is 25.3 Å². The molecule has 1 aromatic heterocycles. The predicted octanol–water partition coefficient (Wildman–Crippen LogP) is -1.77. The molecule has 0 aliphatic heterocycles. The Bertz CT molecular complexity index is 465. The molecule has 0 atom stereocenters. The van der Waals surface area contributed by atoms with E-state index in [1.165, 1.54) is 10.9 Å². The van der Waals surface area contributed by atoms with E-state index in [1.54, 1.807) is 4.90 Å². The van der Waals surface area contributed by atoms with Gasteiger partial charge in [0.1, 0.15) is 0 Å². The topological polar surface area (TPSA) is 137 Å². The Hall–Kier alpha value is -2.49. The highest BCUT2D eigenvalue weighted by molar-refractivity contribution is 5.91. The molecule has 9 nitrogen and oxygen atoms in total. The van der Waals surface area contributed by atoms with E-state index in [-0.39, 0.29) is 18.8 Å². The molecule has 9 heteroatoms. The number of nitrogen functional groups attached to an aromatic ring is 1. The number of hydrazine groups is 1. The van der Waals surface area contributed by atoms with Crippen LogP contribution in [0.3, 0.4) is 0 Å². The van der Waals surface area contributed by atoms with Crippen LogP contribution in [0, 0.1) is 22.7 Å².